The molecule has 0 spiro atoms. The minimum Gasteiger partial charge on any atom is -0.494 e. The Morgan fingerprint density at radius 3 is 2.44 bits per heavy atom. The zero-order chi connectivity index (χ0) is 25.4. The molecule has 0 aliphatic heterocycles. The summed E-state index contributed by atoms with van der Waals surface area (Å²) < 4.78 is 19.5. The van der Waals surface area contributed by atoms with Gasteiger partial charge in [0.1, 0.15) is 23.0 Å². The summed E-state index contributed by atoms with van der Waals surface area (Å²) in [4.78, 5) is 36.3. The summed E-state index contributed by atoms with van der Waals surface area (Å²) in [6, 6.07) is 12.8. The Bertz CT molecular complexity index is 1660. The van der Waals surface area contributed by atoms with E-state index in [-0.39, 0.29) is 13.1 Å². The SMILES string of the molecule is CCOc1ccc(-c2nc(Cn3c(=O)c4c(C)cc(C)nc4n(Cc4ccco4)c3=O)c(C)o2)cc1. The van der Waals surface area contributed by atoms with Gasteiger partial charge in [-0.2, -0.15) is 0 Å². The molecule has 1 aromatic carbocycles. The van der Waals surface area contributed by atoms with E-state index in [4.69, 9.17) is 13.6 Å². The molecule has 9 nitrogen and oxygen atoms in total. The smallest absolute Gasteiger partial charge is 0.333 e. The van der Waals surface area contributed by atoms with Crippen LogP contribution < -0.4 is 16.0 Å². The van der Waals surface area contributed by atoms with Crippen LogP contribution in [0.15, 0.2) is 67.2 Å². The van der Waals surface area contributed by atoms with E-state index in [1.807, 2.05) is 51.1 Å². The Kier molecular flexibility index (Phi) is 6.05. The summed E-state index contributed by atoms with van der Waals surface area (Å²) in [6.07, 6.45) is 1.55. The second-order valence-electron chi connectivity index (χ2n) is 8.60. The first-order valence-electron chi connectivity index (χ1n) is 11.7. The third kappa shape index (κ3) is 4.24. The molecule has 0 bridgehead atoms. The molecule has 4 aromatic heterocycles. The highest BCUT2D eigenvalue weighted by atomic mass is 16.5. The largest absolute Gasteiger partial charge is 0.494 e. The summed E-state index contributed by atoms with van der Waals surface area (Å²) >= 11 is 0. The molecule has 0 N–H and O–H groups in total. The fourth-order valence-corrected chi connectivity index (χ4v) is 4.28. The van der Waals surface area contributed by atoms with E-state index in [1.165, 1.54) is 9.13 Å². The van der Waals surface area contributed by atoms with Crippen LogP contribution >= 0.6 is 0 Å². The standard InChI is InChI=1S/C27H26N4O5/c1-5-34-20-10-8-19(9-11-20)25-29-22(18(4)36-25)15-31-26(32)23-16(2)13-17(3)28-24(23)30(27(31)33)14-21-7-6-12-35-21/h6-13H,5,14-15H2,1-4H3. The molecule has 5 aromatic rings. The summed E-state index contributed by atoms with van der Waals surface area (Å²) in [5, 5.41) is 0.389. The van der Waals surface area contributed by atoms with Crippen LogP contribution in [0.1, 0.15) is 35.4 Å². The van der Waals surface area contributed by atoms with Crippen LogP contribution in [0, 0.1) is 20.8 Å². The van der Waals surface area contributed by atoms with E-state index in [1.54, 1.807) is 25.3 Å². The quantitative estimate of drug-likeness (QED) is 0.339. The van der Waals surface area contributed by atoms with Crippen molar-refractivity contribution in [2.75, 3.05) is 6.61 Å². The van der Waals surface area contributed by atoms with Crippen molar-refractivity contribution in [1.29, 1.82) is 0 Å². The number of aromatic nitrogens is 4. The van der Waals surface area contributed by atoms with Gasteiger partial charge in [0.05, 0.1) is 31.3 Å². The van der Waals surface area contributed by atoms with Crippen LogP contribution in [0.4, 0.5) is 0 Å². The molecule has 0 unspecified atom stereocenters. The zero-order valence-corrected chi connectivity index (χ0v) is 20.6. The number of rotatable bonds is 7. The van der Waals surface area contributed by atoms with Gasteiger partial charge in [0, 0.05) is 11.3 Å². The molecule has 0 radical (unpaired) electrons. The number of pyridine rings is 1. The molecule has 0 aliphatic carbocycles. The van der Waals surface area contributed by atoms with Gasteiger partial charge in [-0.15, -0.1) is 0 Å². The fourth-order valence-electron chi connectivity index (χ4n) is 4.28. The normalized spacial score (nSPS) is 11.3. The van der Waals surface area contributed by atoms with E-state index in [0.29, 0.717) is 40.7 Å². The first kappa shape index (κ1) is 23.3. The highest BCUT2D eigenvalue weighted by Crippen LogP contribution is 2.24. The van der Waals surface area contributed by atoms with Crippen molar-refractivity contribution in [3.63, 3.8) is 0 Å². The highest BCUT2D eigenvalue weighted by Gasteiger charge is 2.20. The van der Waals surface area contributed by atoms with Crippen molar-refractivity contribution in [1.82, 2.24) is 19.1 Å². The number of nitrogens with zero attached hydrogens (tertiary/aromatic N) is 4. The number of oxazole rings is 1. The molecule has 9 heteroatoms. The van der Waals surface area contributed by atoms with Crippen LogP contribution in [0.3, 0.4) is 0 Å². The molecule has 0 amide bonds. The first-order valence-corrected chi connectivity index (χ1v) is 11.7. The van der Waals surface area contributed by atoms with E-state index >= 15 is 0 Å². The fraction of sp³-hybridized carbons (Fsp3) is 0.259. The lowest BCUT2D eigenvalue weighted by molar-refractivity contribution is 0.340. The Labute approximate surface area is 206 Å². The Hall–Kier alpha value is -4.40. The third-order valence-electron chi connectivity index (χ3n) is 6.01. The van der Waals surface area contributed by atoms with Crippen LogP contribution in [-0.4, -0.2) is 25.7 Å². The van der Waals surface area contributed by atoms with Crippen molar-refractivity contribution in [2.24, 2.45) is 0 Å². The number of aryl methyl sites for hydroxylation is 3. The Morgan fingerprint density at radius 2 is 1.75 bits per heavy atom. The predicted octanol–water partition coefficient (Wildman–Crippen LogP) is 4.23. The van der Waals surface area contributed by atoms with Crippen molar-refractivity contribution in [2.45, 2.75) is 40.8 Å². The van der Waals surface area contributed by atoms with E-state index < -0.39 is 11.2 Å². The van der Waals surface area contributed by atoms with Gasteiger partial charge in [0.2, 0.25) is 5.89 Å². The Morgan fingerprint density at radius 1 is 0.972 bits per heavy atom. The lowest BCUT2D eigenvalue weighted by Gasteiger charge is -2.14. The van der Waals surface area contributed by atoms with Crippen LogP contribution in [0.5, 0.6) is 5.75 Å². The minimum atomic E-state index is -0.494. The van der Waals surface area contributed by atoms with Gasteiger partial charge < -0.3 is 13.6 Å². The average molecular weight is 487 g/mol. The molecule has 5 rings (SSSR count). The van der Waals surface area contributed by atoms with Crippen molar-refractivity contribution in [3.05, 3.63) is 98.0 Å². The third-order valence-corrected chi connectivity index (χ3v) is 6.01. The monoisotopic (exact) mass is 486 g/mol. The number of hydrogen-bond donors (Lipinski definition) is 0. The van der Waals surface area contributed by atoms with E-state index in [9.17, 15) is 9.59 Å². The van der Waals surface area contributed by atoms with Gasteiger partial charge in [-0.05, 0) is 75.7 Å². The molecular formula is C27H26N4O5. The summed E-state index contributed by atoms with van der Waals surface area (Å²) in [5.74, 6) is 2.27. The molecule has 4 heterocycles. The summed E-state index contributed by atoms with van der Waals surface area (Å²) in [6.45, 7) is 8.06. The second kappa shape index (κ2) is 9.33. The molecule has 0 aliphatic rings. The van der Waals surface area contributed by atoms with Crippen LogP contribution in [0.25, 0.3) is 22.5 Å². The summed E-state index contributed by atoms with van der Waals surface area (Å²) in [7, 11) is 0. The van der Waals surface area contributed by atoms with Gasteiger partial charge in [0.25, 0.3) is 5.56 Å². The number of ether oxygens (including phenoxy) is 1. The van der Waals surface area contributed by atoms with Crippen molar-refractivity contribution >= 4 is 11.0 Å². The average Bonchev–Trinajstić information content (AvgIpc) is 3.49. The maximum atomic E-state index is 13.6. The number of hydrogen-bond acceptors (Lipinski definition) is 7. The Balaban J connectivity index is 1.60. The summed E-state index contributed by atoms with van der Waals surface area (Å²) in [5.41, 5.74) is 2.16. The second-order valence-corrected chi connectivity index (χ2v) is 8.60. The number of fused-ring (bicyclic) bond motifs is 1. The minimum absolute atomic E-state index is 0.0363. The van der Waals surface area contributed by atoms with Gasteiger partial charge in [-0.25, -0.2) is 14.8 Å². The molecular weight excluding hydrogens is 460 g/mol. The lowest BCUT2D eigenvalue weighted by Crippen LogP contribution is -2.41. The maximum Gasteiger partial charge on any atom is 0.333 e. The molecule has 0 saturated heterocycles. The van der Waals surface area contributed by atoms with E-state index in [2.05, 4.69) is 9.97 Å². The number of benzene rings is 1. The van der Waals surface area contributed by atoms with Gasteiger partial charge in [0.15, 0.2) is 5.65 Å². The topological polar surface area (TPSA) is 105 Å². The predicted molar refractivity (Wildman–Crippen MR) is 134 cm³/mol. The zero-order valence-electron chi connectivity index (χ0n) is 20.6. The van der Waals surface area contributed by atoms with Crippen molar-refractivity contribution in [3.8, 4) is 17.2 Å². The van der Waals surface area contributed by atoms with Crippen LogP contribution in [-0.2, 0) is 13.1 Å². The highest BCUT2D eigenvalue weighted by molar-refractivity contribution is 5.78. The molecule has 0 atom stereocenters. The van der Waals surface area contributed by atoms with Gasteiger partial charge >= 0.3 is 5.69 Å². The van der Waals surface area contributed by atoms with Crippen molar-refractivity contribution < 1.29 is 13.6 Å². The number of furan rings is 1. The first-order chi connectivity index (χ1) is 17.4. The maximum absolute atomic E-state index is 13.6. The van der Waals surface area contributed by atoms with Gasteiger partial charge in [-0.3, -0.25) is 13.9 Å². The lowest BCUT2D eigenvalue weighted by atomic mass is 10.1. The van der Waals surface area contributed by atoms with Gasteiger partial charge in [-0.1, -0.05) is 0 Å². The molecule has 0 saturated carbocycles. The van der Waals surface area contributed by atoms with Crippen LogP contribution in [0.2, 0.25) is 0 Å². The molecule has 0 fully saturated rings. The molecule has 36 heavy (non-hydrogen) atoms. The molecule has 184 valence electrons. The van der Waals surface area contributed by atoms with E-state index in [0.717, 1.165) is 22.6 Å².